The highest BCUT2D eigenvalue weighted by molar-refractivity contribution is 14.1. The normalized spacial score (nSPS) is 27.9. The first-order chi connectivity index (χ1) is 6.77. The molecule has 0 amide bonds. The maximum Gasteiger partial charge on any atom is 0.139 e. The van der Waals surface area contributed by atoms with E-state index in [0.717, 1.165) is 23.3 Å². The fourth-order valence-electron chi connectivity index (χ4n) is 1.68. The standard InChI is InChI=1S/C9H14IN3O/c10-8-2-1-7(5-12-8)13-4-3-11-6-9(13)14/h1-2,9,11-12,14H,3-6H2. The summed E-state index contributed by atoms with van der Waals surface area (Å²) in [7, 11) is 0. The number of aliphatic hydroxyl groups excluding tert-OH is 1. The molecule has 1 atom stereocenters. The van der Waals surface area contributed by atoms with Crippen LogP contribution < -0.4 is 10.6 Å². The molecule has 0 bridgehead atoms. The van der Waals surface area contributed by atoms with Gasteiger partial charge >= 0.3 is 0 Å². The van der Waals surface area contributed by atoms with Crippen LogP contribution in [0.5, 0.6) is 0 Å². The summed E-state index contributed by atoms with van der Waals surface area (Å²) in [6.45, 7) is 3.28. The quantitative estimate of drug-likeness (QED) is 0.470. The lowest BCUT2D eigenvalue weighted by molar-refractivity contribution is 0.00998. The van der Waals surface area contributed by atoms with Gasteiger partial charge in [0.1, 0.15) is 6.23 Å². The molecule has 0 spiro atoms. The van der Waals surface area contributed by atoms with Gasteiger partial charge in [-0.2, -0.15) is 0 Å². The molecule has 0 aliphatic carbocycles. The minimum Gasteiger partial charge on any atom is -0.375 e. The lowest BCUT2D eigenvalue weighted by atomic mass is 10.2. The van der Waals surface area contributed by atoms with Gasteiger partial charge in [0, 0.05) is 25.3 Å². The summed E-state index contributed by atoms with van der Waals surface area (Å²) < 4.78 is 1.15. The summed E-state index contributed by atoms with van der Waals surface area (Å²) in [5.74, 6) is 0. The van der Waals surface area contributed by atoms with E-state index < -0.39 is 0 Å². The van der Waals surface area contributed by atoms with Crippen LogP contribution in [0, 0.1) is 0 Å². The number of nitrogens with zero attached hydrogens (tertiary/aromatic N) is 1. The van der Waals surface area contributed by atoms with Gasteiger partial charge in [-0.15, -0.1) is 0 Å². The van der Waals surface area contributed by atoms with Crippen molar-refractivity contribution in [3.8, 4) is 0 Å². The molecule has 0 aromatic rings. The minimum absolute atomic E-state index is 0.388. The summed E-state index contributed by atoms with van der Waals surface area (Å²) in [6.07, 6.45) is 3.72. The van der Waals surface area contributed by atoms with Crippen LogP contribution in [0.4, 0.5) is 0 Å². The monoisotopic (exact) mass is 307 g/mol. The number of piperazine rings is 1. The van der Waals surface area contributed by atoms with Gasteiger partial charge in [-0.1, -0.05) is 0 Å². The molecular weight excluding hydrogens is 293 g/mol. The average Bonchev–Trinajstić information content (AvgIpc) is 2.20. The number of dihydropyridines is 1. The maximum atomic E-state index is 9.76. The van der Waals surface area contributed by atoms with Crippen molar-refractivity contribution < 1.29 is 5.11 Å². The average molecular weight is 307 g/mol. The Labute approximate surface area is 97.2 Å². The minimum atomic E-state index is -0.388. The second kappa shape index (κ2) is 4.50. The van der Waals surface area contributed by atoms with Crippen LogP contribution in [-0.4, -0.2) is 42.4 Å². The number of halogens is 1. The second-order valence-electron chi connectivity index (χ2n) is 3.40. The van der Waals surface area contributed by atoms with Gasteiger partial charge < -0.3 is 20.6 Å². The van der Waals surface area contributed by atoms with Crippen molar-refractivity contribution in [2.24, 2.45) is 0 Å². The van der Waals surface area contributed by atoms with E-state index in [4.69, 9.17) is 0 Å². The maximum absolute atomic E-state index is 9.76. The zero-order chi connectivity index (χ0) is 9.97. The molecule has 5 heteroatoms. The molecule has 2 aliphatic rings. The smallest absolute Gasteiger partial charge is 0.139 e. The lowest BCUT2D eigenvalue weighted by Crippen LogP contribution is -2.51. The summed E-state index contributed by atoms with van der Waals surface area (Å²) in [5, 5.41) is 16.2. The molecule has 14 heavy (non-hydrogen) atoms. The van der Waals surface area contributed by atoms with Crippen LogP contribution in [0.15, 0.2) is 21.6 Å². The first-order valence-electron chi connectivity index (χ1n) is 4.73. The number of hydrogen-bond donors (Lipinski definition) is 3. The molecule has 1 saturated heterocycles. The Kier molecular flexibility index (Phi) is 3.30. The van der Waals surface area contributed by atoms with E-state index in [1.54, 1.807) is 0 Å². The number of nitrogens with one attached hydrogen (secondary N) is 2. The Morgan fingerprint density at radius 1 is 1.50 bits per heavy atom. The SMILES string of the molecule is OC1CNCCN1C1=CC=C(I)NC1. The molecule has 0 aromatic carbocycles. The van der Waals surface area contributed by atoms with E-state index in [0.29, 0.717) is 6.54 Å². The van der Waals surface area contributed by atoms with Crippen molar-refractivity contribution in [1.82, 2.24) is 15.5 Å². The second-order valence-corrected chi connectivity index (χ2v) is 4.57. The number of hydrogen-bond acceptors (Lipinski definition) is 4. The summed E-state index contributed by atoms with van der Waals surface area (Å²) in [6, 6.07) is 0. The van der Waals surface area contributed by atoms with Gasteiger partial charge in [-0.3, -0.25) is 0 Å². The molecular formula is C9H14IN3O. The van der Waals surface area contributed by atoms with Gasteiger partial charge in [0.15, 0.2) is 0 Å². The van der Waals surface area contributed by atoms with Crippen molar-refractivity contribution in [1.29, 1.82) is 0 Å². The fraction of sp³-hybridized carbons (Fsp3) is 0.556. The highest BCUT2D eigenvalue weighted by Gasteiger charge is 2.22. The van der Waals surface area contributed by atoms with Crippen LogP contribution >= 0.6 is 22.6 Å². The third-order valence-electron chi connectivity index (χ3n) is 2.45. The van der Waals surface area contributed by atoms with Gasteiger partial charge in [0.25, 0.3) is 0 Å². The van der Waals surface area contributed by atoms with E-state index >= 15 is 0 Å². The topological polar surface area (TPSA) is 47.5 Å². The van der Waals surface area contributed by atoms with Gasteiger partial charge in [-0.25, -0.2) is 0 Å². The Balaban J connectivity index is 2.06. The molecule has 3 N–H and O–H groups in total. The number of allylic oxidation sites excluding steroid dienone is 2. The largest absolute Gasteiger partial charge is 0.375 e. The molecule has 1 unspecified atom stereocenters. The van der Waals surface area contributed by atoms with Crippen molar-refractivity contribution in [2.75, 3.05) is 26.2 Å². The first-order valence-corrected chi connectivity index (χ1v) is 5.81. The van der Waals surface area contributed by atoms with E-state index in [2.05, 4.69) is 39.3 Å². The van der Waals surface area contributed by atoms with E-state index in [1.807, 2.05) is 11.0 Å². The van der Waals surface area contributed by atoms with Crippen LogP contribution in [0.25, 0.3) is 0 Å². The number of rotatable bonds is 1. The fourth-order valence-corrected chi connectivity index (χ4v) is 2.05. The van der Waals surface area contributed by atoms with Crippen LogP contribution in [0.2, 0.25) is 0 Å². The molecule has 78 valence electrons. The Morgan fingerprint density at radius 3 is 3.00 bits per heavy atom. The molecule has 0 radical (unpaired) electrons. The molecule has 0 aromatic heterocycles. The zero-order valence-corrected chi connectivity index (χ0v) is 9.99. The van der Waals surface area contributed by atoms with Crippen LogP contribution in [0.3, 0.4) is 0 Å². The molecule has 0 saturated carbocycles. The predicted molar refractivity (Wildman–Crippen MR) is 63.8 cm³/mol. The highest BCUT2D eigenvalue weighted by atomic mass is 127. The first kappa shape index (κ1) is 10.3. The Hall–Kier alpha value is -0.270. The Bertz CT molecular complexity index is 277. The zero-order valence-electron chi connectivity index (χ0n) is 7.83. The summed E-state index contributed by atoms with van der Waals surface area (Å²) in [5.41, 5.74) is 1.17. The summed E-state index contributed by atoms with van der Waals surface area (Å²) >= 11 is 2.25. The van der Waals surface area contributed by atoms with E-state index in [1.165, 1.54) is 5.70 Å². The van der Waals surface area contributed by atoms with Crippen molar-refractivity contribution in [3.05, 3.63) is 21.6 Å². The van der Waals surface area contributed by atoms with Gasteiger partial charge in [0.05, 0.1) is 10.2 Å². The third-order valence-corrected chi connectivity index (χ3v) is 3.19. The van der Waals surface area contributed by atoms with Gasteiger partial charge in [-0.05, 0) is 34.7 Å². The third kappa shape index (κ3) is 2.21. The van der Waals surface area contributed by atoms with E-state index in [-0.39, 0.29) is 6.23 Å². The van der Waals surface area contributed by atoms with Crippen LogP contribution in [0.1, 0.15) is 0 Å². The van der Waals surface area contributed by atoms with Crippen molar-refractivity contribution in [3.63, 3.8) is 0 Å². The molecule has 2 rings (SSSR count). The van der Waals surface area contributed by atoms with Crippen molar-refractivity contribution in [2.45, 2.75) is 6.23 Å². The lowest BCUT2D eigenvalue weighted by Gasteiger charge is -2.37. The molecule has 1 fully saturated rings. The number of aliphatic hydroxyl groups is 1. The van der Waals surface area contributed by atoms with Crippen molar-refractivity contribution >= 4 is 22.6 Å². The van der Waals surface area contributed by atoms with E-state index in [9.17, 15) is 5.11 Å². The molecule has 4 nitrogen and oxygen atoms in total. The Morgan fingerprint density at radius 2 is 2.36 bits per heavy atom. The number of β-amino-alcohol motifs (C(OH)–C–C–N with tert-alkyl or cyclic N) is 1. The summed E-state index contributed by atoms with van der Waals surface area (Å²) in [4.78, 5) is 2.04. The molecule has 2 aliphatic heterocycles. The predicted octanol–water partition coefficient (Wildman–Crippen LogP) is -0.0265. The highest BCUT2D eigenvalue weighted by Crippen LogP contribution is 2.15. The van der Waals surface area contributed by atoms with Crippen LogP contribution in [-0.2, 0) is 0 Å². The van der Waals surface area contributed by atoms with Gasteiger partial charge in [0.2, 0.25) is 0 Å². The molecule has 2 heterocycles.